The van der Waals surface area contributed by atoms with Gasteiger partial charge in [-0.1, -0.05) is 41.9 Å². The molecule has 164 valence electrons. The van der Waals surface area contributed by atoms with Crippen molar-refractivity contribution in [2.75, 3.05) is 20.3 Å². The quantitative estimate of drug-likeness (QED) is 0.358. The van der Waals surface area contributed by atoms with Crippen molar-refractivity contribution in [1.29, 1.82) is 0 Å². The third kappa shape index (κ3) is 4.58. The van der Waals surface area contributed by atoms with Crippen molar-refractivity contribution in [3.63, 3.8) is 0 Å². The van der Waals surface area contributed by atoms with E-state index in [1.54, 1.807) is 31.4 Å². The first kappa shape index (κ1) is 21.8. The summed E-state index contributed by atoms with van der Waals surface area (Å²) < 4.78 is 11.2. The highest BCUT2D eigenvalue weighted by Crippen LogP contribution is 2.36. The number of H-pyrrole nitrogens is 1. The number of fused-ring (bicyclic) bond motifs is 1. The fraction of sp³-hybridized carbons (Fsp3) is 0.192. The maximum Gasteiger partial charge on any atom is 0.251 e. The maximum atomic E-state index is 12.8. The summed E-state index contributed by atoms with van der Waals surface area (Å²) in [6, 6.07) is 21.0. The van der Waals surface area contributed by atoms with Crippen LogP contribution in [-0.2, 0) is 0 Å². The molecule has 1 amide bonds. The highest BCUT2D eigenvalue weighted by Gasteiger charge is 2.21. The second-order valence-electron chi connectivity index (χ2n) is 7.41. The van der Waals surface area contributed by atoms with Crippen LogP contribution in [-0.4, -0.2) is 31.2 Å². The Morgan fingerprint density at radius 2 is 1.91 bits per heavy atom. The van der Waals surface area contributed by atoms with E-state index in [9.17, 15) is 4.79 Å². The number of carbonyl (C=O) groups is 1. The van der Waals surface area contributed by atoms with E-state index in [1.807, 2.05) is 49.5 Å². The fourth-order valence-electron chi connectivity index (χ4n) is 3.89. The van der Waals surface area contributed by atoms with Gasteiger partial charge in [0, 0.05) is 40.1 Å². The predicted molar refractivity (Wildman–Crippen MR) is 128 cm³/mol. The minimum Gasteiger partial charge on any atom is -0.493 e. The van der Waals surface area contributed by atoms with Gasteiger partial charge in [0.1, 0.15) is 0 Å². The predicted octanol–water partition coefficient (Wildman–Crippen LogP) is 5.79. The van der Waals surface area contributed by atoms with Gasteiger partial charge in [-0.05, 0) is 54.4 Å². The van der Waals surface area contributed by atoms with Gasteiger partial charge in [0.2, 0.25) is 0 Å². The molecule has 5 nitrogen and oxygen atoms in total. The molecule has 1 atom stereocenters. The summed E-state index contributed by atoms with van der Waals surface area (Å²) in [6.45, 7) is 2.90. The minimum absolute atomic E-state index is 0.0983. The first-order valence-electron chi connectivity index (χ1n) is 10.5. The Bertz CT molecular complexity index is 1230. The van der Waals surface area contributed by atoms with Crippen molar-refractivity contribution >= 4 is 28.4 Å². The van der Waals surface area contributed by atoms with E-state index >= 15 is 0 Å². The Hall–Kier alpha value is -3.44. The van der Waals surface area contributed by atoms with Crippen LogP contribution in [0, 0.1) is 0 Å². The number of hydrogen-bond donors (Lipinski definition) is 2. The number of hydrogen-bond acceptors (Lipinski definition) is 3. The molecule has 0 aliphatic heterocycles. The number of para-hydroxylation sites is 1. The van der Waals surface area contributed by atoms with Crippen LogP contribution < -0.4 is 14.8 Å². The lowest BCUT2D eigenvalue weighted by Gasteiger charge is -2.20. The van der Waals surface area contributed by atoms with Gasteiger partial charge in [-0.25, -0.2) is 0 Å². The lowest BCUT2D eigenvalue weighted by atomic mass is 9.90. The van der Waals surface area contributed by atoms with Crippen LogP contribution in [0.3, 0.4) is 0 Å². The molecule has 0 spiro atoms. The van der Waals surface area contributed by atoms with Gasteiger partial charge >= 0.3 is 0 Å². The van der Waals surface area contributed by atoms with Crippen molar-refractivity contribution < 1.29 is 14.3 Å². The third-order valence-electron chi connectivity index (χ3n) is 5.44. The molecule has 3 aromatic carbocycles. The molecule has 4 rings (SSSR count). The summed E-state index contributed by atoms with van der Waals surface area (Å²) in [5, 5.41) is 4.71. The number of carbonyl (C=O) groups excluding carboxylic acids is 1. The number of halogens is 1. The molecule has 1 aromatic heterocycles. The smallest absolute Gasteiger partial charge is 0.251 e. The van der Waals surface area contributed by atoms with Gasteiger partial charge in [0.05, 0.1) is 13.7 Å². The van der Waals surface area contributed by atoms with Crippen molar-refractivity contribution in [3.05, 3.63) is 94.6 Å². The summed E-state index contributed by atoms with van der Waals surface area (Å²) in [5.41, 5.74) is 3.69. The van der Waals surface area contributed by atoms with E-state index in [2.05, 4.69) is 16.4 Å². The second-order valence-corrected chi connectivity index (χ2v) is 7.84. The third-order valence-corrected chi connectivity index (χ3v) is 5.68. The second kappa shape index (κ2) is 9.79. The van der Waals surface area contributed by atoms with Crippen LogP contribution in [0.25, 0.3) is 10.9 Å². The van der Waals surface area contributed by atoms with Crippen LogP contribution in [0.5, 0.6) is 11.5 Å². The average Bonchev–Trinajstić information content (AvgIpc) is 3.24. The van der Waals surface area contributed by atoms with E-state index in [-0.39, 0.29) is 11.8 Å². The van der Waals surface area contributed by atoms with Gasteiger partial charge in [0.15, 0.2) is 11.5 Å². The van der Waals surface area contributed by atoms with Gasteiger partial charge < -0.3 is 19.8 Å². The van der Waals surface area contributed by atoms with Crippen molar-refractivity contribution in [3.8, 4) is 11.5 Å². The number of rotatable bonds is 8. The van der Waals surface area contributed by atoms with Crippen LogP contribution in [0.15, 0.2) is 72.9 Å². The highest BCUT2D eigenvalue weighted by atomic mass is 35.5. The molecular formula is C26H25ClN2O3. The molecule has 0 fully saturated rings. The number of benzene rings is 3. The average molecular weight is 449 g/mol. The minimum atomic E-state index is -0.171. The monoisotopic (exact) mass is 448 g/mol. The van der Waals surface area contributed by atoms with E-state index in [0.717, 1.165) is 22.0 Å². The van der Waals surface area contributed by atoms with E-state index in [1.165, 1.54) is 0 Å². The van der Waals surface area contributed by atoms with Crippen LogP contribution in [0.2, 0.25) is 5.02 Å². The standard InChI is InChI=1S/C26H25ClN2O3/c1-3-32-24-12-11-17(14-25(24)31-2)21(22-16-28-23-10-5-4-9-20(22)23)15-29-26(30)18-7-6-8-19(27)13-18/h4-14,16,21,28H,3,15H2,1-2H3,(H,29,30)/t21-/m1/s1. The number of nitrogens with one attached hydrogen (secondary N) is 2. The first-order valence-corrected chi connectivity index (χ1v) is 10.9. The molecule has 0 aliphatic carbocycles. The van der Waals surface area contributed by atoms with Crippen LogP contribution >= 0.6 is 11.6 Å². The van der Waals surface area contributed by atoms with Gasteiger partial charge in [-0.2, -0.15) is 0 Å². The van der Waals surface area contributed by atoms with Crippen LogP contribution in [0.4, 0.5) is 0 Å². The summed E-state index contributed by atoms with van der Waals surface area (Å²) in [5.74, 6) is 1.09. The highest BCUT2D eigenvalue weighted by molar-refractivity contribution is 6.30. The number of aromatic nitrogens is 1. The lowest BCUT2D eigenvalue weighted by molar-refractivity contribution is 0.0952. The Kier molecular flexibility index (Phi) is 6.66. The molecule has 4 aromatic rings. The van der Waals surface area contributed by atoms with Gasteiger partial charge in [-0.15, -0.1) is 0 Å². The van der Waals surface area contributed by atoms with E-state index in [0.29, 0.717) is 35.2 Å². The number of aromatic amines is 1. The largest absolute Gasteiger partial charge is 0.493 e. The first-order chi connectivity index (χ1) is 15.6. The summed E-state index contributed by atoms with van der Waals surface area (Å²) >= 11 is 6.06. The SMILES string of the molecule is CCOc1ccc([C@@H](CNC(=O)c2cccc(Cl)c2)c2c[nH]c3ccccc23)cc1OC. The summed E-state index contributed by atoms with van der Waals surface area (Å²) in [4.78, 5) is 16.1. The van der Waals surface area contributed by atoms with Gasteiger partial charge in [-0.3, -0.25) is 4.79 Å². The van der Waals surface area contributed by atoms with E-state index < -0.39 is 0 Å². The molecular weight excluding hydrogens is 424 g/mol. The lowest BCUT2D eigenvalue weighted by Crippen LogP contribution is -2.29. The summed E-state index contributed by atoms with van der Waals surface area (Å²) in [7, 11) is 1.63. The molecule has 1 heterocycles. The Morgan fingerprint density at radius 3 is 2.69 bits per heavy atom. The Labute approximate surface area is 192 Å². The molecule has 32 heavy (non-hydrogen) atoms. The fourth-order valence-corrected chi connectivity index (χ4v) is 4.08. The molecule has 6 heteroatoms. The Balaban J connectivity index is 1.70. The molecule has 2 N–H and O–H groups in total. The van der Waals surface area contributed by atoms with E-state index in [4.69, 9.17) is 21.1 Å². The number of amides is 1. The van der Waals surface area contributed by atoms with Crippen molar-refractivity contribution in [1.82, 2.24) is 10.3 Å². The molecule has 0 radical (unpaired) electrons. The topological polar surface area (TPSA) is 63.3 Å². The van der Waals surface area contributed by atoms with Crippen LogP contribution in [0.1, 0.15) is 34.3 Å². The number of methoxy groups -OCH3 is 1. The molecule has 0 saturated heterocycles. The summed E-state index contributed by atoms with van der Waals surface area (Å²) in [6.07, 6.45) is 2.00. The molecule has 0 bridgehead atoms. The zero-order valence-corrected chi connectivity index (χ0v) is 18.8. The molecule has 0 aliphatic rings. The molecule has 0 unspecified atom stereocenters. The Morgan fingerprint density at radius 1 is 1.06 bits per heavy atom. The normalized spacial score (nSPS) is 11.8. The maximum absolute atomic E-state index is 12.8. The zero-order valence-electron chi connectivity index (χ0n) is 18.0. The van der Waals surface area contributed by atoms with Crippen molar-refractivity contribution in [2.24, 2.45) is 0 Å². The van der Waals surface area contributed by atoms with Crippen molar-refractivity contribution in [2.45, 2.75) is 12.8 Å². The zero-order chi connectivity index (χ0) is 22.5. The van der Waals surface area contributed by atoms with Gasteiger partial charge in [0.25, 0.3) is 5.91 Å². The molecule has 0 saturated carbocycles. The number of ether oxygens (including phenoxy) is 2.